The predicted molar refractivity (Wildman–Crippen MR) is 118 cm³/mol. The van der Waals surface area contributed by atoms with Gasteiger partial charge in [0.25, 0.3) is 0 Å². The zero-order valence-corrected chi connectivity index (χ0v) is 17.4. The second-order valence-corrected chi connectivity index (χ2v) is 7.71. The van der Waals surface area contributed by atoms with Gasteiger partial charge in [0.15, 0.2) is 5.82 Å². The van der Waals surface area contributed by atoms with Crippen LogP contribution in [0.15, 0.2) is 71.9 Å². The first-order valence-electron chi connectivity index (χ1n) is 10.1. The normalized spacial score (nSPS) is 13.5. The van der Waals surface area contributed by atoms with Crippen molar-refractivity contribution in [2.45, 2.75) is 12.6 Å². The molecule has 4 rings (SSSR count). The van der Waals surface area contributed by atoms with Crippen molar-refractivity contribution in [2.24, 2.45) is 4.99 Å². The molecule has 1 aliphatic rings. The van der Waals surface area contributed by atoms with E-state index in [0.29, 0.717) is 35.0 Å². The van der Waals surface area contributed by atoms with E-state index in [1.54, 1.807) is 12.3 Å². The second-order valence-electron chi connectivity index (χ2n) is 7.71. The maximum Gasteiger partial charge on any atom is 0.416 e. The Bertz CT molecular complexity index is 1090. The summed E-state index contributed by atoms with van der Waals surface area (Å²) in [6.07, 6.45) is -2.03. The van der Waals surface area contributed by atoms with Gasteiger partial charge in [-0.05, 0) is 51.3 Å². The summed E-state index contributed by atoms with van der Waals surface area (Å²) in [6, 6.07) is 17.0. The zero-order valence-electron chi connectivity index (χ0n) is 17.4. The monoisotopic (exact) mass is 424 g/mol. The minimum atomic E-state index is -4.44. The molecule has 1 aromatic heterocycles. The van der Waals surface area contributed by atoms with Crippen molar-refractivity contribution >= 4 is 22.9 Å². The highest BCUT2D eigenvalue weighted by molar-refractivity contribution is 6.18. The van der Waals surface area contributed by atoms with E-state index in [0.717, 1.165) is 24.6 Å². The molecule has 7 heteroatoms. The van der Waals surface area contributed by atoms with Crippen molar-refractivity contribution in [3.05, 3.63) is 83.6 Å². The van der Waals surface area contributed by atoms with Crippen LogP contribution in [-0.4, -0.2) is 42.8 Å². The number of aliphatic imine (C=N–C) groups is 1. The molecule has 0 fully saturated rings. The minimum Gasteiger partial charge on any atom is -0.324 e. The summed E-state index contributed by atoms with van der Waals surface area (Å²) in [5, 5.41) is 0. The fourth-order valence-corrected chi connectivity index (χ4v) is 3.70. The second kappa shape index (κ2) is 8.51. The van der Waals surface area contributed by atoms with Gasteiger partial charge in [0.1, 0.15) is 5.69 Å². The minimum absolute atomic E-state index is 0.466. The number of hydrogen-bond donors (Lipinski definition) is 0. The molecule has 0 N–H and O–H groups in total. The van der Waals surface area contributed by atoms with E-state index in [1.807, 2.05) is 55.4 Å². The highest BCUT2D eigenvalue weighted by Gasteiger charge is 2.33. The Labute approximate surface area is 179 Å². The van der Waals surface area contributed by atoms with Gasteiger partial charge in [-0.2, -0.15) is 13.2 Å². The molecule has 2 heterocycles. The quantitative estimate of drug-likeness (QED) is 0.529. The molecular weight excluding hydrogens is 401 g/mol. The molecule has 3 aromatic rings. The molecule has 0 aliphatic carbocycles. The molecule has 0 radical (unpaired) electrons. The number of aromatic nitrogens is 1. The van der Waals surface area contributed by atoms with Crippen molar-refractivity contribution in [3.63, 3.8) is 0 Å². The average Bonchev–Trinajstić information content (AvgIpc) is 2.88. The lowest BCUT2D eigenvalue weighted by molar-refractivity contribution is -0.137. The first-order chi connectivity index (χ1) is 14.8. The Morgan fingerprint density at radius 3 is 2.45 bits per heavy atom. The highest BCUT2D eigenvalue weighted by Crippen LogP contribution is 2.42. The van der Waals surface area contributed by atoms with Crippen molar-refractivity contribution < 1.29 is 13.2 Å². The maximum absolute atomic E-state index is 13.6. The van der Waals surface area contributed by atoms with E-state index in [1.165, 1.54) is 12.1 Å². The van der Waals surface area contributed by atoms with Crippen LogP contribution in [0.2, 0.25) is 0 Å². The fraction of sp³-hybridized carbons (Fsp3) is 0.250. The van der Waals surface area contributed by atoms with Crippen molar-refractivity contribution in [1.29, 1.82) is 0 Å². The SMILES string of the molecule is CN(C)CCCN1c2cc(C(F)(F)F)ccc2C(c2ccccc2)=Nc2cccnc21. The number of fused-ring (bicyclic) bond motifs is 2. The fourth-order valence-electron chi connectivity index (χ4n) is 3.70. The third kappa shape index (κ3) is 4.46. The Kier molecular flexibility index (Phi) is 5.78. The number of pyridine rings is 1. The lowest BCUT2D eigenvalue weighted by atomic mass is 9.98. The predicted octanol–water partition coefficient (Wildman–Crippen LogP) is 5.67. The molecule has 1 aliphatic heterocycles. The van der Waals surface area contributed by atoms with Crippen LogP contribution >= 0.6 is 0 Å². The Balaban J connectivity index is 1.93. The molecule has 160 valence electrons. The summed E-state index contributed by atoms with van der Waals surface area (Å²) in [5.41, 5.74) is 2.55. The van der Waals surface area contributed by atoms with Gasteiger partial charge < -0.3 is 9.80 Å². The van der Waals surface area contributed by atoms with Crippen molar-refractivity contribution in [3.8, 4) is 0 Å². The van der Waals surface area contributed by atoms with Gasteiger partial charge in [-0.25, -0.2) is 9.98 Å². The first kappa shape index (κ1) is 21.1. The zero-order chi connectivity index (χ0) is 22.0. The molecule has 0 atom stereocenters. The number of alkyl halides is 3. The van der Waals surface area contributed by atoms with Gasteiger partial charge in [0, 0.05) is 23.9 Å². The molecule has 0 spiro atoms. The summed E-state index contributed by atoms with van der Waals surface area (Å²) in [5.74, 6) is 0.563. The van der Waals surface area contributed by atoms with Crippen LogP contribution in [0.25, 0.3) is 0 Å². The number of rotatable bonds is 5. The van der Waals surface area contributed by atoms with Crippen molar-refractivity contribution in [1.82, 2.24) is 9.88 Å². The molecule has 0 saturated carbocycles. The largest absolute Gasteiger partial charge is 0.416 e. The molecule has 0 amide bonds. The van der Waals surface area contributed by atoms with Crippen LogP contribution in [-0.2, 0) is 6.18 Å². The molecule has 0 unspecified atom stereocenters. The van der Waals surface area contributed by atoms with Crippen LogP contribution in [0.1, 0.15) is 23.1 Å². The Morgan fingerprint density at radius 1 is 0.968 bits per heavy atom. The van der Waals surface area contributed by atoms with E-state index < -0.39 is 11.7 Å². The maximum atomic E-state index is 13.6. The van der Waals surface area contributed by atoms with E-state index in [-0.39, 0.29) is 0 Å². The van der Waals surface area contributed by atoms with Gasteiger partial charge in [-0.3, -0.25) is 0 Å². The lowest BCUT2D eigenvalue weighted by Crippen LogP contribution is -2.25. The lowest BCUT2D eigenvalue weighted by Gasteiger charge is -2.27. The molecular formula is C24H23F3N4. The van der Waals surface area contributed by atoms with Gasteiger partial charge in [0.05, 0.1) is 17.0 Å². The summed E-state index contributed by atoms with van der Waals surface area (Å²) in [4.78, 5) is 13.3. The highest BCUT2D eigenvalue weighted by atomic mass is 19.4. The van der Waals surface area contributed by atoms with Crippen LogP contribution < -0.4 is 4.90 Å². The Morgan fingerprint density at radius 2 is 1.74 bits per heavy atom. The van der Waals surface area contributed by atoms with Crippen LogP contribution in [0, 0.1) is 0 Å². The number of halogens is 3. The molecule has 0 saturated heterocycles. The number of hydrogen-bond acceptors (Lipinski definition) is 4. The number of benzene rings is 2. The van der Waals surface area contributed by atoms with Gasteiger partial charge in [-0.1, -0.05) is 36.4 Å². The van der Waals surface area contributed by atoms with Gasteiger partial charge in [-0.15, -0.1) is 0 Å². The van der Waals surface area contributed by atoms with E-state index in [4.69, 9.17) is 4.99 Å². The first-order valence-corrected chi connectivity index (χ1v) is 10.1. The van der Waals surface area contributed by atoms with Crippen LogP contribution in [0.4, 0.5) is 30.4 Å². The third-order valence-electron chi connectivity index (χ3n) is 5.16. The van der Waals surface area contributed by atoms with E-state index in [9.17, 15) is 13.2 Å². The van der Waals surface area contributed by atoms with Crippen molar-refractivity contribution in [2.75, 3.05) is 32.1 Å². The summed E-state index contributed by atoms with van der Waals surface area (Å²) in [7, 11) is 3.95. The van der Waals surface area contributed by atoms with Crippen LogP contribution in [0.3, 0.4) is 0 Å². The molecule has 31 heavy (non-hydrogen) atoms. The average molecular weight is 424 g/mol. The molecule has 0 bridgehead atoms. The third-order valence-corrected chi connectivity index (χ3v) is 5.16. The summed E-state index contributed by atoms with van der Waals surface area (Å²) in [6.45, 7) is 1.33. The number of nitrogens with zero attached hydrogens (tertiary/aromatic N) is 4. The smallest absolute Gasteiger partial charge is 0.324 e. The van der Waals surface area contributed by atoms with Gasteiger partial charge in [0.2, 0.25) is 0 Å². The van der Waals surface area contributed by atoms with Gasteiger partial charge >= 0.3 is 6.18 Å². The summed E-state index contributed by atoms with van der Waals surface area (Å²) < 4.78 is 40.8. The molecule has 4 nitrogen and oxygen atoms in total. The topological polar surface area (TPSA) is 31.7 Å². The standard InChI is InChI=1S/C24H23F3N4/c1-30(2)14-7-15-31-21-16-18(24(25,26)27)11-12-19(21)22(17-8-4-3-5-9-17)29-20-10-6-13-28-23(20)31/h3-6,8-13,16H,7,14-15H2,1-2H3. The number of anilines is 2. The van der Waals surface area contributed by atoms with Crippen LogP contribution in [0.5, 0.6) is 0 Å². The van der Waals surface area contributed by atoms with E-state index >= 15 is 0 Å². The molecule has 2 aromatic carbocycles. The summed E-state index contributed by atoms with van der Waals surface area (Å²) >= 11 is 0. The Hall–Kier alpha value is -3.19. The van der Waals surface area contributed by atoms with E-state index in [2.05, 4.69) is 9.88 Å².